The highest BCUT2D eigenvalue weighted by Gasteiger charge is 2.28. The minimum Gasteiger partial charge on any atom is -0.212 e. The number of rotatable bonds is 6. The summed E-state index contributed by atoms with van der Waals surface area (Å²) < 4.78 is 24.8. The van der Waals surface area contributed by atoms with Gasteiger partial charge >= 0.3 is 0 Å². The molecule has 0 saturated heterocycles. The maximum Gasteiger partial charge on any atom is 0.213 e. The molecule has 0 aromatic rings. The SMILES string of the molecule is CCCN(CC1CC1)S(=O)(=O)CC. The van der Waals surface area contributed by atoms with E-state index in [0.29, 0.717) is 12.5 Å². The Hall–Kier alpha value is -0.0900. The first kappa shape index (κ1) is 11.0. The number of nitrogens with zero attached hydrogens (tertiary/aromatic N) is 1. The highest BCUT2D eigenvalue weighted by atomic mass is 32.2. The van der Waals surface area contributed by atoms with Crippen LogP contribution in [0.1, 0.15) is 33.1 Å². The fourth-order valence-electron chi connectivity index (χ4n) is 1.36. The van der Waals surface area contributed by atoms with Gasteiger partial charge in [0.1, 0.15) is 0 Å². The van der Waals surface area contributed by atoms with E-state index in [0.717, 1.165) is 13.0 Å². The first-order chi connectivity index (χ1) is 6.10. The van der Waals surface area contributed by atoms with Crippen molar-refractivity contribution in [3.8, 4) is 0 Å². The van der Waals surface area contributed by atoms with Gasteiger partial charge in [0, 0.05) is 13.1 Å². The third-order valence-electron chi connectivity index (χ3n) is 2.39. The molecule has 0 heterocycles. The molecule has 0 amide bonds. The van der Waals surface area contributed by atoms with Gasteiger partial charge in [-0.05, 0) is 32.1 Å². The third kappa shape index (κ3) is 3.27. The van der Waals surface area contributed by atoms with Crippen molar-refractivity contribution in [3.63, 3.8) is 0 Å². The molecule has 0 unspecified atom stereocenters. The van der Waals surface area contributed by atoms with Crippen LogP contribution in [0.2, 0.25) is 0 Å². The molecule has 0 aliphatic heterocycles. The predicted molar refractivity (Wildman–Crippen MR) is 54.0 cm³/mol. The van der Waals surface area contributed by atoms with Gasteiger partial charge in [0.05, 0.1) is 5.75 Å². The summed E-state index contributed by atoms with van der Waals surface area (Å²) in [6.45, 7) is 5.17. The molecule has 4 heteroatoms. The van der Waals surface area contributed by atoms with Crippen molar-refractivity contribution in [2.45, 2.75) is 33.1 Å². The second-order valence-electron chi connectivity index (χ2n) is 3.70. The van der Waals surface area contributed by atoms with Crippen molar-refractivity contribution in [1.82, 2.24) is 4.31 Å². The van der Waals surface area contributed by atoms with E-state index >= 15 is 0 Å². The van der Waals surface area contributed by atoms with Gasteiger partial charge in [-0.2, -0.15) is 0 Å². The Labute approximate surface area is 81.2 Å². The zero-order valence-corrected chi connectivity index (χ0v) is 9.31. The summed E-state index contributed by atoms with van der Waals surface area (Å²) in [5, 5.41) is 0. The minimum atomic E-state index is -2.94. The standard InChI is InChI=1S/C9H19NO2S/c1-3-7-10(8-9-5-6-9)13(11,12)4-2/h9H,3-8H2,1-2H3. The van der Waals surface area contributed by atoms with Gasteiger partial charge < -0.3 is 0 Å². The summed E-state index contributed by atoms with van der Waals surface area (Å²) in [5.41, 5.74) is 0. The lowest BCUT2D eigenvalue weighted by atomic mass is 10.4. The van der Waals surface area contributed by atoms with Gasteiger partial charge in [0.15, 0.2) is 0 Å². The van der Waals surface area contributed by atoms with Crippen LogP contribution in [0, 0.1) is 5.92 Å². The second kappa shape index (κ2) is 4.42. The van der Waals surface area contributed by atoms with E-state index in [1.165, 1.54) is 12.8 Å². The molecule has 13 heavy (non-hydrogen) atoms. The topological polar surface area (TPSA) is 37.4 Å². The average Bonchev–Trinajstić information content (AvgIpc) is 2.87. The Morgan fingerprint density at radius 2 is 1.92 bits per heavy atom. The van der Waals surface area contributed by atoms with Crippen LogP contribution in [0.15, 0.2) is 0 Å². The second-order valence-corrected chi connectivity index (χ2v) is 5.96. The minimum absolute atomic E-state index is 0.236. The monoisotopic (exact) mass is 205 g/mol. The van der Waals surface area contributed by atoms with E-state index in [9.17, 15) is 8.42 Å². The fraction of sp³-hybridized carbons (Fsp3) is 1.00. The van der Waals surface area contributed by atoms with Crippen molar-refractivity contribution >= 4 is 10.0 Å². The van der Waals surface area contributed by atoms with Crippen molar-refractivity contribution < 1.29 is 8.42 Å². The van der Waals surface area contributed by atoms with E-state index in [4.69, 9.17) is 0 Å². The fourth-order valence-corrected chi connectivity index (χ4v) is 2.63. The highest BCUT2D eigenvalue weighted by Crippen LogP contribution is 2.30. The average molecular weight is 205 g/mol. The van der Waals surface area contributed by atoms with Gasteiger partial charge in [-0.15, -0.1) is 0 Å². The molecule has 3 nitrogen and oxygen atoms in total. The normalized spacial score (nSPS) is 18.1. The lowest BCUT2D eigenvalue weighted by Crippen LogP contribution is -2.34. The van der Waals surface area contributed by atoms with Crippen LogP contribution in [0.5, 0.6) is 0 Å². The zero-order valence-electron chi connectivity index (χ0n) is 8.49. The molecule has 1 aliphatic carbocycles. The highest BCUT2D eigenvalue weighted by molar-refractivity contribution is 7.89. The predicted octanol–water partition coefficient (Wildman–Crippen LogP) is 1.46. The number of hydrogen-bond donors (Lipinski definition) is 0. The molecule has 0 bridgehead atoms. The van der Waals surface area contributed by atoms with Gasteiger partial charge in [-0.3, -0.25) is 0 Å². The summed E-state index contributed by atoms with van der Waals surface area (Å²) in [6.07, 6.45) is 3.32. The van der Waals surface area contributed by atoms with E-state index in [-0.39, 0.29) is 5.75 Å². The summed E-state index contributed by atoms with van der Waals surface area (Å²) in [5.74, 6) is 0.882. The van der Waals surface area contributed by atoms with Gasteiger partial charge in [-0.25, -0.2) is 12.7 Å². The molecule has 1 saturated carbocycles. The van der Waals surface area contributed by atoms with Crippen LogP contribution < -0.4 is 0 Å². The molecule has 0 spiro atoms. The van der Waals surface area contributed by atoms with Crippen LogP contribution in [-0.2, 0) is 10.0 Å². The first-order valence-electron chi connectivity index (χ1n) is 5.08. The molecule has 0 radical (unpaired) electrons. The van der Waals surface area contributed by atoms with Crippen LogP contribution in [0.3, 0.4) is 0 Å². The molecule has 0 N–H and O–H groups in total. The van der Waals surface area contributed by atoms with E-state index in [1.807, 2.05) is 6.92 Å². The Bertz CT molecular complexity index is 244. The van der Waals surface area contributed by atoms with Gasteiger partial charge in [0.2, 0.25) is 10.0 Å². The Morgan fingerprint density at radius 3 is 2.31 bits per heavy atom. The molecule has 0 aromatic heterocycles. The maximum absolute atomic E-state index is 11.6. The summed E-state index contributed by atoms with van der Waals surface area (Å²) in [6, 6.07) is 0. The zero-order chi connectivity index (χ0) is 9.90. The molecule has 78 valence electrons. The molecule has 1 aliphatic rings. The van der Waals surface area contributed by atoms with Gasteiger partial charge in [0.25, 0.3) is 0 Å². The smallest absolute Gasteiger partial charge is 0.212 e. The van der Waals surface area contributed by atoms with Gasteiger partial charge in [-0.1, -0.05) is 6.92 Å². The van der Waals surface area contributed by atoms with Crippen LogP contribution in [-0.4, -0.2) is 31.6 Å². The maximum atomic E-state index is 11.6. The Balaban J connectivity index is 2.54. The van der Waals surface area contributed by atoms with Crippen molar-refractivity contribution in [1.29, 1.82) is 0 Å². The Morgan fingerprint density at radius 1 is 1.31 bits per heavy atom. The van der Waals surface area contributed by atoms with Crippen LogP contribution in [0.4, 0.5) is 0 Å². The van der Waals surface area contributed by atoms with Crippen LogP contribution >= 0.6 is 0 Å². The number of hydrogen-bond acceptors (Lipinski definition) is 2. The molecule has 0 aromatic carbocycles. The molecule has 1 fully saturated rings. The lowest BCUT2D eigenvalue weighted by Gasteiger charge is -2.20. The van der Waals surface area contributed by atoms with E-state index in [2.05, 4.69) is 0 Å². The lowest BCUT2D eigenvalue weighted by molar-refractivity contribution is 0.396. The largest absolute Gasteiger partial charge is 0.213 e. The molecule has 0 atom stereocenters. The van der Waals surface area contributed by atoms with E-state index < -0.39 is 10.0 Å². The van der Waals surface area contributed by atoms with Crippen molar-refractivity contribution in [2.24, 2.45) is 5.92 Å². The summed E-state index contributed by atoms with van der Waals surface area (Å²) in [4.78, 5) is 0. The first-order valence-corrected chi connectivity index (χ1v) is 6.69. The van der Waals surface area contributed by atoms with Crippen molar-refractivity contribution in [3.05, 3.63) is 0 Å². The van der Waals surface area contributed by atoms with E-state index in [1.54, 1.807) is 11.2 Å². The number of sulfonamides is 1. The summed E-state index contributed by atoms with van der Waals surface area (Å²) in [7, 11) is -2.94. The molecule has 1 rings (SSSR count). The van der Waals surface area contributed by atoms with Crippen LogP contribution in [0.25, 0.3) is 0 Å². The third-order valence-corrected chi connectivity index (χ3v) is 4.24. The van der Waals surface area contributed by atoms with Crippen molar-refractivity contribution in [2.75, 3.05) is 18.8 Å². The summed E-state index contributed by atoms with van der Waals surface area (Å²) >= 11 is 0. The quantitative estimate of drug-likeness (QED) is 0.658. The Kier molecular flexibility index (Phi) is 3.74. The molecular formula is C9H19NO2S. The molecular weight excluding hydrogens is 186 g/mol.